The minimum absolute atomic E-state index is 1.17. The van der Waals surface area contributed by atoms with Crippen LogP contribution in [0, 0.1) is 0 Å². The predicted octanol–water partition coefficient (Wildman–Crippen LogP) is 4.48. The molecule has 0 aromatic rings. The van der Waals surface area contributed by atoms with Gasteiger partial charge in [0.15, 0.2) is 0 Å². The van der Waals surface area contributed by atoms with E-state index >= 15 is 0 Å². The van der Waals surface area contributed by atoms with Crippen molar-refractivity contribution in [3.63, 3.8) is 0 Å². The van der Waals surface area contributed by atoms with Gasteiger partial charge >= 0.3 is 0 Å². The molecule has 0 nitrogen and oxygen atoms in total. The second-order valence-electron chi connectivity index (χ2n) is 3.19. The molecule has 0 heteroatoms. The molecule has 0 rings (SSSR count). The van der Waals surface area contributed by atoms with E-state index < -0.39 is 0 Å². The Labute approximate surface area is 77.4 Å². The monoisotopic (exact) mass is 166 g/mol. The molecule has 0 spiro atoms. The molecule has 0 saturated heterocycles. The lowest BCUT2D eigenvalue weighted by atomic mass is 10.1. The van der Waals surface area contributed by atoms with Crippen LogP contribution >= 0.6 is 0 Å². The van der Waals surface area contributed by atoms with E-state index in [-0.39, 0.29) is 0 Å². The molecule has 0 atom stereocenters. The zero-order valence-corrected chi connectivity index (χ0v) is 8.39. The highest BCUT2D eigenvalue weighted by molar-refractivity contribution is 4.81. The summed E-state index contributed by atoms with van der Waals surface area (Å²) in [5.41, 5.74) is 0. The van der Waals surface area contributed by atoms with E-state index in [0.717, 1.165) is 0 Å². The minimum atomic E-state index is 1.17. The Morgan fingerprint density at radius 1 is 0.917 bits per heavy atom. The first-order valence-corrected chi connectivity index (χ1v) is 5.17. The highest BCUT2D eigenvalue weighted by Crippen LogP contribution is 2.02. The third-order valence-corrected chi connectivity index (χ3v) is 1.92. The van der Waals surface area contributed by atoms with Gasteiger partial charge in [-0.15, -0.1) is 6.58 Å². The lowest BCUT2D eigenvalue weighted by Crippen LogP contribution is -1.72. The van der Waals surface area contributed by atoms with Gasteiger partial charge in [-0.25, -0.2) is 0 Å². The highest BCUT2D eigenvalue weighted by atomic mass is 13.9. The van der Waals surface area contributed by atoms with Crippen LogP contribution in [0.2, 0.25) is 0 Å². The Morgan fingerprint density at radius 3 is 2.08 bits per heavy atom. The average Bonchev–Trinajstić information content (AvgIpc) is 2.10. The quantitative estimate of drug-likeness (QED) is 0.368. The number of allylic oxidation sites excluding steroid dienone is 3. The summed E-state index contributed by atoms with van der Waals surface area (Å²) >= 11 is 0. The second-order valence-corrected chi connectivity index (χ2v) is 3.19. The number of unbranched alkanes of at least 4 members (excludes halogenated alkanes) is 5. The van der Waals surface area contributed by atoms with Crippen LogP contribution in [0.25, 0.3) is 0 Å². The van der Waals surface area contributed by atoms with Gasteiger partial charge in [-0.1, -0.05) is 38.0 Å². The van der Waals surface area contributed by atoms with E-state index in [9.17, 15) is 0 Å². The van der Waals surface area contributed by atoms with Crippen LogP contribution in [0.1, 0.15) is 51.9 Å². The SMILES string of the molecule is C=CCCCCC=CCCCC. The van der Waals surface area contributed by atoms with E-state index in [0.29, 0.717) is 0 Å². The Morgan fingerprint density at radius 2 is 1.50 bits per heavy atom. The van der Waals surface area contributed by atoms with Crippen LogP contribution in [-0.2, 0) is 0 Å². The molecule has 0 aliphatic carbocycles. The van der Waals surface area contributed by atoms with Crippen molar-refractivity contribution < 1.29 is 0 Å². The molecule has 0 heterocycles. The van der Waals surface area contributed by atoms with Crippen molar-refractivity contribution in [2.75, 3.05) is 0 Å². The molecule has 0 fully saturated rings. The third-order valence-electron chi connectivity index (χ3n) is 1.92. The van der Waals surface area contributed by atoms with Gasteiger partial charge in [-0.3, -0.25) is 0 Å². The van der Waals surface area contributed by atoms with Crippen LogP contribution in [0.4, 0.5) is 0 Å². The molecule has 0 aliphatic heterocycles. The van der Waals surface area contributed by atoms with Gasteiger partial charge in [0.25, 0.3) is 0 Å². The Kier molecular flexibility index (Phi) is 10.0. The number of hydrogen-bond acceptors (Lipinski definition) is 0. The first-order valence-electron chi connectivity index (χ1n) is 5.17. The zero-order valence-electron chi connectivity index (χ0n) is 8.39. The molecular weight excluding hydrogens is 144 g/mol. The largest absolute Gasteiger partial charge is 0.103 e. The van der Waals surface area contributed by atoms with Crippen LogP contribution in [0.5, 0.6) is 0 Å². The smallest absolute Gasteiger partial charge is 0.0351 e. The van der Waals surface area contributed by atoms with E-state index in [1.54, 1.807) is 0 Å². The summed E-state index contributed by atoms with van der Waals surface area (Å²) in [6, 6.07) is 0. The zero-order chi connectivity index (χ0) is 9.07. The maximum absolute atomic E-state index is 3.70. The van der Waals surface area contributed by atoms with E-state index in [1.165, 1.54) is 44.9 Å². The van der Waals surface area contributed by atoms with Crippen molar-refractivity contribution in [2.24, 2.45) is 0 Å². The summed E-state index contributed by atoms with van der Waals surface area (Å²) in [6.45, 7) is 5.94. The average molecular weight is 166 g/mol. The van der Waals surface area contributed by atoms with Gasteiger partial charge in [0.05, 0.1) is 0 Å². The maximum atomic E-state index is 3.70. The van der Waals surface area contributed by atoms with Gasteiger partial charge in [0.2, 0.25) is 0 Å². The molecule has 12 heavy (non-hydrogen) atoms. The molecule has 0 unspecified atom stereocenters. The fourth-order valence-electron chi connectivity index (χ4n) is 1.11. The summed E-state index contributed by atoms with van der Waals surface area (Å²) < 4.78 is 0. The molecule has 0 radical (unpaired) electrons. The summed E-state index contributed by atoms with van der Waals surface area (Å²) in [7, 11) is 0. The molecule has 0 saturated carbocycles. The van der Waals surface area contributed by atoms with Gasteiger partial charge in [0, 0.05) is 0 Å². The van der Waals surface area contributed by atoms with E-state index in [4.69, 9.17) is 0 Å². The van der Waals surface area contributed by atoms with Crippen molar-refractivity contribution in [2.45, 2.75) is 51.9 Å². The Balaban J connectivity index is 2.97. The molecule has 0 amide bonds. The van der Waals surface area contributed by atoms with E-state index in [1.807, 2.05) is 6.08 Å². The van der Waals surface area contributed by atoms with Crippen molar-refractivity contribution in [3.05, 3.63) is 24.8 Å². The molecule has 0 aliphatic rings. The molecule has 70 valence electrons. The van der Waals surface area contributed by atoms with Crippen molar-refractivity contribution >= 4 is 0 Å². The Hall–Kier alpha value is -0.520. The summed E-state index contributed by atoms with van der Waals surface area (Å²) in [5, 5.41) is 0. The highest BCUT2D eigenvalue weighted by Gasteiger charge is 1.82. The maximum Gasteiger partial charge on any atom is -0.0351 e. The first-order chi connectivity index (χ1) is 5.91. The first kappa shape index (κ1) is 11.5. The van der Waals surface area contributed by atoms with Gasteiger partial charge < -0.3 is 0 Å². The van der Waals surface area contributed by atoms with E-state index in [2.05, 4.69) is 25.7 Å². The fourth-order valence-corrected chi connectivity index (χ4v) is 1.11. The van der Waals surface area contributed by atoms with Crippen molar-refractivity contribution in [1.29, 1.82) is 0 Å². The molecule has 0 aromatic carbocycles. The summed E-state index contributed by atoms with van der Waals surface area (Å²) in [4.78, 5) is 0. The number of hydrogen-bond donors (Lipinski definition) is 0. The van der Waals surface area contributed by atoms with Crippen LogP contribution in [0.15, 0.2) is 24.8 Å². The molecular formula is C12H22. The third kappa shape index (κ3) is 9.48. The number of rotatable bonds is 8. The predicted molar refractivity (Wildman–Crippen MR) is 57.3 cm³/mol. The fraction of sp³-hybridized carbons (Fsp3) is 0.667. The van der Waals surface area contributed by atoms with Crippen molar-refractivity contribution in [1.82, 2.24) is 0 Å². The molecule has 0 N–H and O–H groups in total. The van der Waals surface area contributed by atoms with Crippen LogP contribution in [0.3, 0.4) is 0 Å². The van der Waals surface area contributed by atoms with Crippen molar-refractivity contribution in [3.8, 4) is 0 Å². The lowest BCUT2D eigenvalue weighted by molar-refractivity contribution is 0.757. The topological polar surface area (TPSA) is 0 Å². The standard InChI is InChI=1S/C12H22/c1-3-5-7-9-11-12-10-8-6-4-2/h3,10,12H,1,4-9,11H2,2H3. The van der Waals surface area contributed by atoms with Crippen LogP contribution < -0.4 is 0 Å². The van der Waals surface area contributed by atoms with Gasteiger partial charge in [0.1, 0.15) is 0 Å². The second kappa shape index (κ2) is 10.5. The normalized spacial score (nSPS) is 10.8. The molecule has 0 bridgehead atoms. The van der Waals surface area contributed by atoms with Gasteiger partial charge in [-0.2, -0.15) is 0 Å². The summed E-state index contributed by atoms with van der Waals surface area (Å²) in [5.74, 6) is 0. The Bertz CT molecular complexity index is 111. The lowest BCUT2D eigenvalue weighted by Gasteiger charge is -1.92. The summed E-state index contributed by atoms with van der Waals surface area (Å²) in [6.07, 6.45) is 15.6. The molecule has 0 aromatic heterocycles. The minimum Gasteiger partial charge on any atom is -0.103 e. The van der Waals surface area contributed by atoms with Crippen LogP contribution in [-0.4, -0.2) is 0 Å². The van der Waals surface area contributed by atoms with Gasteiger partial charge in [-0.05, 0) is 32.1 Å².